The number of aliphatic carboxylic acids is 1. The van der Waals surface area contributed by atoms with Crippen LogP contribution in [0.3, 0.4) is 0 Å². The lowest BCUT2D eigenvalue weighted by Gasteiger charge is -2.22. The van der Waals surface area contributed by atoms with E-state index in [1.54, 1.807) is 7.05 Å². The number of rotatable bonds is 3. The summed E-state index contributed by atoms with van der Waals surface area (Å²) in [5.74, 6) is -0.954. The molecule has 1 aromatic heterocycles. The Bertz CT molecular complexity index is 326. The Balaban J connectivity index is 2.84. The number of carboxylic acids is 1. The molecule has 0 aromatic carbocycles. The maximum Gasteiger partial charge on any atom is 0.326 e. The Morgan fingerprint density at radius 3 is 2.71 bits per heavy atom. The van der Waals surface area contributed by atoms with Crippen molar-refractivity contribution in [1.29, 1.82) is 0 Å². The van der Waals surface area contributed by atoms with E-state index in [2.05, 4.69) is 4.98 Å². The van der Waals surface area contributed by atoms with Crippen molar-refractivity contribution in [3.8, 4) is 0 Å². The second-order valence-corrected chi connectivity index (χ2v) is 2.96. The fraction of sp³-hybridized carbons (Fsp3) is 0.333. The summed E-state index contributed by atoms with van der Waals surface area (Å²) < 4.78 is 12.5. The van der Waals surface area contributed by atoms with Crippen LogP contribution in [0.4, 0.5) is 10.2 Å². The monoisotopic (exact) mass is 198 g/mol. The highest BCUT2D eigenvalue weighted by Crippen LogP contribution is 2.11. The summed E-state index contributed by atoms with van der Waals surface area (Å²) in [6.07, 6.45) is 1.06. The van der Waals surface area contributed by atoms with Crippen LogP contribution in [-0.2, 0) is 4.79 Å². The van der Waals surface area contributed by atoms with Crippen LogP contribution in [0.1, 0.15) is 6.92 Å². The first kappa shape index (κ1) is 10.4. The zero-order valence-corrected chi connectivity index (χ0v) is 7.94. The van der Waals surface area contributed by atoms with Gasteiger partial charge in [-0.2, -0.15) is 0 Å². The highest BCUT2D eigenvalue weighted by Gasteiger charge is 2.17. The van der Waals surface area contributed by atoms with Crippen LogP contribution in [-0.4, -0.2) is 29.1 Å². The van der Waals surface area contributed by atoms with Gasteiger partial charge in [-0.3, -0.25) is 0 Å². The zero-order valence-electron chi connectivity index (χ0n) is 7.94. The highest BCUT2D eigenvalue weighted by atomic mass is 19.1. The molecule has 1 unspecified atom stereocenters. The molecule has 0 radical (unpaired) electrons. The molecule has 1 N–H and O–H groups in total. The van der Waals surface area contributed by atoms with Crippen molar-refractivity contribution in [3.63, 3.8) is 0 Å². The van der Waals surface area contributed by atoms with E-state index in [9.17, 15) is 9.18 Å². The van der Waals surface area contributed by atoms with E-state index in [0.29, 0.717) is 5.82 Å². The molecule has 14 heavy (non-hydrogen) atoms. The van der Waals surface area contributed by atoms with Gasteiger partial charge in [-0.15, -0.1) is 0 Å². The molecule has 1 heterocycles. The van der Waals surface area contributed by atoms with Gasteiger partial charge < -0.3 is 10.0 Å². The summed E-state index contributed by atoms with van der Waals surface area (Å²) in [5, 5.41) is 8.72. The van der Waals surface area contributed by atoms with Crippen molar-refractivity contribution >= 4 is 11.8 Å². The number of aromatic nitrogens is 1. The average molecular weight is 198 g/mol. The number of hydrogen-bond donors (Lipinski definition) is 1. The van der Waals surface area contributed by atoms with Gasteiger partial charge in [-0.1, -0.05) is 0 Å². The van der Waals surface area contributed by atoms with E-state index >= 15 is 0 Å². The minimum Gasteiger partial charge on any atom is -0.480 e. The van der Waals surface area contributed by atoms with Gasteiger partial charge in [0.1, 0.15) is 17.7 Å². The summed E-state index contributed by atoms with van der Waals surface area (Å²) in [6, 6.07) is 2.00. The Morgan fingerprint density at radius 1 is 1.64 bits per heavy atom. The van der Waals surface area contributed by atoms with Crippen molar-refractivity contribution in [1.82, 2.24) is 4.98 Å². The molecule has 1 atom stereocenters. The first-order valence-electron chi connectivity index (χ1n) is 4.09. The molecule has 0 aliphatic carbocycles. The molecule has 0 amide bonds. The molecule has 0 saturated carbocycles. The maximum absolute atomic E-state index is 12.5. The third kappa shape index (κ3) is 2.18. The van der Waals surface area contributed by atoms with Gasteiger partial charge in [-0.05, 0) is 19.1 Å². The van der Waals surface area contributed by atoms with Crippen LogP contribution in [0.2, 0.25) is 0 Å². The lowest BCUT2D eigenvalue weighted by atomic mass is 10.3. The summed E-state index contributed by atoms with van der Waals surface area (Å²) >= 11 is 0. The van der Waals surface area contributed by atoms with E-state index in [1.807, 2.05) is 0 Å². The SMILES string of the molecule is CC(C(=O)O)N(C)c1ccc(F)cn1. The fourth-order valence-corrected chi connectivity index (χ4v) is 0.941. The lowest BCUT2D eigenvalue weighted by molar-refractivity contribution is -0.138. The van der Waals surface area contributed by atoms with E-state index in [1.165, 1.54) is 24.0 Å². The second kappa shape index (κ2) is 4.04. The molecule has 76 valence electrons. The van der Waals surface area contributed by atoms with Gasteiger partial charge in [0.05, 0.1) is 6.20 Å². The fourth-order valence-electron chi connectivity index (χ4n) is 0.941. The predicted molar refractivity (Wildman–Crippen MR) is 49.7 cm³/mol. The van der Waals surface area contributed by atoms with Crippen LogP contribution in [0.5, 0.6) is 0 Å². The molecular formula is C9H11FN2O2. The molecule has 1 rings (SSSR count). The minimum atomic E-state index is -0.946. The second-order valence-electron chi connectivity index (χ2n) is 2.96. The molecule has 0 spiro atoms. The largest absolute Gasteiger partial charge is 0.480 e. The number of carboxylic acid groups (broad SMARTS) is 1. The smallest absolute Gasteiger partial charge is 0.326 e. The van der Waals surface area contributed by atoms with Gasteiger partial charge in [0.25, 0.3) is 0 Å². The zero-order chi connectivity index (χ0) is 10.7. The average Bonchev–Trinajstić information content (AvgIpc) is 2.16. The van der Waals surface area contributed by atoms with Gasteiger partial charge in [0, 0.05) is 7.05 Å². The van der Waals surface area contributed by atoms with Gasteiger partial charge in [-0.25, -0.2) is 14.2 Å². The number of halogens is 1. The summed E-state index contributed by atoms with van der Waals surface area (Å²) in [7, 11) is 1.60. The van der Waals surface area contributed by atoms with Crippen LogP contribution in [0.25, 0.3) is 0 Å². The molecule has 5 heteroatoms. The normalized spacial score (nSPS) is 12.2. The first-order valence-corrected chi connectivity index (χ1v) is 4.09. The van der Waals surface area contributed by atoms with Crippen molar-refractivity contribution in [2.45, 2.75) is 13.0 Å². The Labute approximate surface area is 81.0 Å². The Hall–Kier alpha value is -1.65. The number of pyridine rings is 1. The molecule has 0 fully saturated rings. The minimum absolute atomic E-state index is 0.432. The molecule has 1 aromatic rings. The van der Waals surface area contributed by atoms with Crippen LogP contribution >= 0.6 is 0 Å². The Morgan fingerprint density at radius 2 is 2.29 bits per heavy atom. The van der Waals surface area contributed by atoms with Crippen LogP contribution in [0.15, 0.2) is 18.3 Å². The third-order valence-electron chi connectivity index (χ3n) is 2.01. The molecule has 4 nitrogen and oxygen atoms in total. The summed E-state index contributed by atoms with van der Waals surface area (Å²) in [6.45, 7) is 1.54. The number of nitrogens with zero attached hydrogens (tertiary/aromatic N) is 2. The van der Waals surface area contributed by atoms with E-state index in [0.717, 1.165) is 6.20 Å². The quantitative estimate of drug-likeness (QED) is 0.791. The summed E-state index contributed by atoms with van der Waals surface area (Å²) in [5.41, 5.74) is 0. The van der Waals surface area contributed by atoms with Crippen molar-refractivity contribution in [2.24, 2.45) is 0 Å². The highest BCUT2D eigenvalue weighted by molar-refractivity contribution is 5.76. The van der Waals surface area contributed by atoms with Crippen LogP contribution < -0.4 is 4.90 Å². The van der Waals surface area contributed by atoms with E-state index in [-0.39, 0.29) is 0 Å². The van der Waals surface area contributed by atoms with E-state index < -0.39 is 17.8 Å². The predicted octanol–water partition coefficient (Wildman–Crippen LogP) is 1.13. The van der Waals surface area contributed by atoms with Gasteiger partial charge in [0.2, 0.25) is 0 Å². The van der Waals surface area contributed by atoms with Crippen molar-refractivity contribution in [3.05, 3.63) is 24.1 Å². The molecule has 0 saturated heterocycles. The lowest BCUT2D eigenvalue weighted by Crippen LogP contribution is -2.36. The van der Waals surface area contributed by atoms with Gasteiger partial charge >= 0.3 is 5.97 Å². The summed E-state index contributed by atoms with van der Waals surface area (Å²) in [4.78, 5) is 15.9. The number of likely N-dealkylation sites (N-methyl/N-ethyl adjacent to an activating group) is 1. The Kier molecular flexibility index (Phi) is 3.01. The number of carbonyl (C=O) groups is 1. The number of anilines is 1. The maximum atomic E-state index is 12.5. The molecule has 0 aliphatic rings. The van der Waals surface area contributed by atoms with Crippen LogP contribution in [0, 0.1) is 5.82 Å². The molecule has 0 bridgehead atoms. The number of hydrogen-bond acceptors (Lipinski definition) is 3. The van der Waals surface area contributed by atoms with Gasteiger partial charge in [0.15, 0.2) is 0 Å². The third-order valence-corrected chi connectivity index (χ3v) is 2.01. The topological polar surface area (TPSA) is 53.4 Å². The molecule has 0 aliphatic heterocycles. The molecular weight excluding hydrogens is 187 g/mol. The standard InChI is InChI=1S/C9H11FN2O2/c1-6(9(13)14)12(2)8-4-3-7(10)5-11-8/h3-6H,1-2H3,(H,13,14). The van der Waals surface area contributed by atoms with E-state index in [4.69, 9.17) is 5.11 Å². The van der Waals surface area contributed by atoms with Crippen molar-refractivity contribution < 1.29 is 14.3 Å². The first-order chi connectivity index (χ1) is 6.52. The van der Waals surface area contributed by atoms with Crippen molar-refractivity contribution in [2.75, 3.05) is 11.9 Å².